The maximum Gasteiger partial charge on any atom is 0.255 e. The molecule has 0 saturated carbocycles. The summed E-state index contributed by atoms with van der Waals surface area (Å²) in [5, 5.41) is 15.7. The molecule has 0 bridgehead atoms. The highest BCUT2D eigenvalue weighted by Gasteiger charge is 2.09. The summed E-state index contributed by atoms with van der Waals surface area (Å²) >= 11 is 0. The Morgan fingerprint density at radius 2 is 1.52 bits per heavy atom. The second-order valence-electron chi connectivity index (χ2n) is 7.21. The molecule has 150 valence electrons. The van der Waals surface area contributed by atoms with E-state index in [0.29, 0.717) is 16.9 Å². The molecule has 5 rings (SSSR count). The minimum Gasteiger partial charge on any atom is -0.322 e. The van der Waals surface area contributed by atoms with Crippen molar-refractivity contribution in [1.82, 2.24) is 19.8 Å². The Morgan fingerprint density at radius 1 is 0.774 bits per heavy atom. The Hall–Kier alpha value is -4.32. The molecule has 0 spiro atoms. The quantitative estimate of drug-likeness (QED) is 0.456. The fourth-order valence-corrected chi connectivity index (χ4v) is 3.45. The van der Waals surface area contributed by atoms with Gasteiger partial charge < -0.3 is 5.32 Å². The third-order valence-corrected chi connectivity index (χ3v) is 5.09. The molecule has 2 heterocycles. The van der Waals surface area contributed by atoms with Crippen LogP contribution in [0.5, 0.6) is 0 Å². The van der Waals surface area contributed by atoms with Crippen LogP contribution in [0, 0.1) is 6.92 Å². The van der Waals surface area contributed by atoms with Gasteiger partial charge in [0.15, 0.2) is 11.5 Å². The van der Waals surface area contributed by atoms with E-state index in [0.717, 1.165) is 28.2 Å². The van der Waals surface area contributed by atoms with E-state index in [2.05, 4.69) is 20.6 Å². The van der Waals surface area contributed by atoms with E-state index < -0.39 is 0 Å². The van der Waals surface area contributed by atoms with E-state index in [1.54, 1.807) is 4.52 Å². The van der Waals surface area contributed by atoms with Crippen molar-refractivity contribution in [1.29, 1.82) is 0 Å². The van der Waals surface area contributed by atoms with Crippen molar-refractivity contribution < 1.29 is 4.79 Å². The molecule has 0 saturated heterocycles. The van der Waals surface area contributed by atoms with Gasteiger partial charge in [-0.25, -0.2) is 0 Å². The monoisotopic (exact) mass is 405 g/mol. The average Bonchev–Trinajstić information content (AvgIpc) is 3.20. The van der Waals surface area contributed by atoms with Crippen LogP contribution in [-0.2, 0) is 0 Å². The van der Waals surface area contributed by atoms with Gasteiger partial charge in [0.1, 0.15) is 0 Å². The number of carbonyl (C=O) groups is 1. The predicted molar refractivity (Wildman–Crippen MR) is 121 cm³/mol. The van der Waals surface area contributed by atoms with E-state index in [1.807, 2.05) is 97.9 Å². The van der Waals surface area contributed by atoms with Gasteiger partial charge in [-0.15, -0.1) is 10.2 Å². The minimum atomic E-state index is -0.158. The van der Waals surface area contributed by atoms with Gasteiger partial charge in [0.25, 0.3) is 5.91 Å². The lowest BCUT2D eigenvalue weighted by Crippen LogP contribution is -2.11. The number of aryl methyl sites for hydroxylation is 1. The molecule has 0 aliphatic rings. The summed E-state index contributed by atoms with van der Waals surface area (Å²) < 4.78 is 1.70. The number of rotatable bonds is 4. The number of hydrogen-bond donors (Lipinski definition) is 1. The van der Waals surface area contributed by atoms with Crippen molar-refractivity contribution in [3.05, 3.63) is 102 Å². The molecule has 6 heteroatoms. The van der Waals surface area contributed by atoms with Gasteiger partial charge in [0, 0.05) is 16.8 Å². The Balaban J connectivity index is 1.36. The lowest BCUT2D eigenvalue weighted by Gasteiger charge is -2.09. The van der Waals surface area contributed by atoms with Crippen molar-refractivity contribution in [3.63, 3.8) is 0 Å². The van der Waals surface area contributed by atoms with E-state index >= 15 is 0 Å². The second kappa shape index (κ2) is 7.84. The van der Waals surface area contributed by atoms with Gasteiger partial charge in [-0.05, 0) is 54.4 Å². The molecule has 0 unspecified atom stereocenters. The molecule has 0 fully saturated rings. The van der Waals surface area contributed by atoms with Crippen LogP contribution < -0.4 is 5.32 Å². The zero-order chi connectivity index (χ0) is 21.2. The number of amides is 1. The Morgan fingerprint density at radius 3 is 2.32 bits per heavy atom. The first-order valence-electron chi connectivity index (χ1n) is 9.94. The standard InChI is InChI=1S/C25H19N5O/c1-17-27-28-24-15-14-23(29-30(17)24)21-8-5-9-22(16-21)26-25(31)20-12-10-19(11-13-20)18-6-3-2-4-7-18/h2-16H,1H3,(H,26,31). The Kier molecular flexibility index (Phi) is 4.72. The molecule has 1 amide bonds. The molecule has 0 aliphatic heterocycles. The van der Waals surface area contributed by atoms with Gasteiger partial charge >= 0.3 is 0 Å². The summed E-state index contributed by atoms with van der Waals surface area (Å²) in [5.74, 6) is 0.565. The lowest BCUT2D eigenvalue weighted by atomic mass is 10.0. The number of fused-ring (bicyclic) bond motifs is 1. The zero-order valence-corrected chi connectivity index (χ0v) is 16.9. The smallest absolute Gasteiger partial charge is 0.255 e. The molecule has 0 radical (unpaired) electrons. The van der Waals surface area contributed by atoms with Crippen LogP contribution in [-0.4, -0.2) is 25.7 Å². The van der Waals surface area contributed by atoms with E-state index in [9.17, 15) is 4.79 Å². The highest BCUT2D eigenvalue weighted by Crippen LogP contribution is 2.23. The molecule has 3 aromatic carbocycles. The molecule has 2 aromatic heterocycles. The fraction of sp³-hybridized carbons (Fsp3) is 0.0400. The molecule has 31 heavy (non-hydrogen) atoms. The number of benzene rings is 3. The fourth-order valence-electron chi connectivity index (χ4n) is 3.45. The van der Waals surface area contributed by atoms with Crippen LogP contribution >= 0.6 is 0 Å². The van der Waals surface area contributed by atoms with E-state index in [-0.39, 0.29) is 5.91 Å². The first-order chi connectivity index (χ1) is 15.2. The van der Waals surface area contributed by atoms with E-state index in [1.165, 1.54) is 0 Å². The number of anilines is 1. The topological polar surface area (TPSA) is 72.2 Å². The zero-order valence-electron chi connectivity index (χ0n) is 16.9. The van der Waals surface area contributed by atoms with Crippen molar-refractivity contribution in [2.24, 2.45) is 0 Å². The maximum atomic E-state index is 12.7. The van der Waals surface area contributed by atoms with Crippen LogP contribution in [0.4, 0.5) is 5.69 Å². The summed E-state index contributed by atoms with van der Waals surface area (Å²) in [7, 11) is 0. The van der Waals surface area contributed by atoms with Crippen LogP contribution in [0.2, 0.25) is 0 Å². The highest BCUT2D eigenvalue weighted by molar-refractivity contribution is 6.04. The predicted octanol–water partition coefficient (Wildman–Crippen LogP) is 5.02. The van der Waals surface area contributed by atoms with E-state index in [4.69, 9.17) is 0 Å². The second-order valence-corrected chi connectivity index (χ2v) is 7.21. The van der Waals surface area contributed by atoms with Crippen LogP contribution in [0.25, 0.3) is 28.0 Å². The Labute approximate surface area is 179 Å². The average molecular weight is 405 g/mol. The molecule has 0 atom stereocenters. The number of hydrogen-bond acceptors (Lipinski definition) is 4. The van der Waals surface area contributed by atoms with Crippen LogP contribution in [0.3, 0.4) is 0 Å². The summed E-state index contributed by atoms with van der Waals surface area (Å²) in [6, 6.07) is 29.1. The van der Waals surface area contributed by atoms with Gasteiger partial charge in [-0.2, -0.15) is 9.61 Å². The third-order valence-electron chi connectivity index (χ3n) is 5.09. The summed E-state index contributed by atoms with van der Waals surface area (Å²) in [4.78, 5) is 12.7. The first kappa shape index (κ1) is 18.7. The molecule has 1 N–H and O–H groups in total. The van der Waals surface area contributed by atoms with Crippen molar-refractivity contribution in [2.45, 2.75) is 6.92 Å². The summed E-state index contributed by atoms with van der Waals surface area (Å²) in [5.41, 5.74) is 5.87. The van der Waals surface area contributed by atoms with Crippen molar-refractivity contribution in [2.75, 3.05) is 5.32 Å². The van der Waals surface area contributed by atoms with Crippen LogP contribution in [0.15, 0.2) is 91.0 Å². The minimum absolute atomic E-state index is 0.158. The normalized spacial score (nSPS) is 10.9. The SMILES string of the molecule is Cc1nnc2ccc(-c3cccc(NC(=O)c4ccc(-c5ccccc5)cc4)c3)nn12. The molecular weight excluding hydrogens is 386 g/mol. The summed E-state index contributed by atoms with van der Waals surface area (Å²) in [6.45, 7) is 1.86. The molecule has 6 nitrogen and oxygen atoms in total. The van der Waals surface area contributed by atoms with Gasteiger partial charge in [-0.3, -0.25) is 4.79 Å². The van der Waals surface area contributed by atoms with Crippen molar-refractivity contribution >= 4 is 17.2 Å². The van der Waals surface area contributed by atoms with Gasteiger partial charge in [0.05, 0.1) is 5.69 Å². The van der Waals surface area contributed by atoms with Crippen LogP contribution in [0.1, 0.15) is 16.2 Å². The molecule has 0 aliphatic carbocycles. The maximum absolute atomic E-state index is 12.7. The van der Waals surface area contributed by atoms with Gasteiger partial charge in [0.2, 0.25) is 0 Å². The van der Waals surface area contributed by atoms with Gasteiger partial charge in [-0.1, -0.05) is 54.6 Å². The largest absolute Gasteiger partial charge is 0.322 e. The number of aromatic nitrogens is 4. The molecular formula is C25H19N5O. The summed E-state index contributed by atoms with van der Waals surface area (Å²) in [6.07, 6.45) is 0. The number of nitrogens with one attached hydrogen (secondary N) is 1. The number of nitrogens with zero attached hydrogens (tertiary/aromatic N) is 4. The third kappa shape index (κ3) is 3.79. The van der Waals surface area contributed by atoms with Crippen molar-refractivity contribution in [3.8, 4) is 22.4 Å². The Bertz CT molecular complexity index is 1370. The highest BCUT2D eigenvalue weighted by atomic mass is 16.1. The molecule has 5 aromatic rings. The number of carbonyl (C=O) groups excluding carboxylic acids is 1. The first-order valence-corrected chi connectivity index (χ1v) is 9.94. The lowest BCUT2D eigenvalue weighted by molar-refractivity contribution is 0.102.